The Balaban J connectivity index is 1.77. The second-order valence-corrected chi connectivity index (χ2v) is 5.38. The van der Waals surface area contributed by atoms with Gasteiger partial charge in [0, 0.05) is 5.56 Å². The van der Waals surface area contributed by atoms with Crippen molar-refractivity contribution in [3.63, 3.8) is 0 Å². The lowest BCUT2D eigenvalue weighted by atomic mass is 10.2. The van der Waals surface area contributed by atoms with Crippen LogP contribution >= 0.6 is 11.8 Å². The maximum absolute atomic E-state index is 11.5. The zero-order chi connectivity index (χ0) is 14.9. The van der Waals surface area contributed by atoms with E-state index < -0.39 is 0 Å². The highest BCUT2D eigenvalue weighted by atomic mass is 32.2. The number of nitrogens with zero attached hydrogens (tertiary/aromatic N) is 2. The second-order valence-electron chi connectivity index (χ2n) is 4.46. The number of unbranched alkanes of at least 4 members (excludes halogenated alkanes) is 2. The summed E-state index contributed by atoms with van der Waals surface area (Å²) in [5.41, 5.74) is 0.860. The Morgan fingerprint density at radius 3 is 2.81 bits per heavy atom. The number of hydrogen-bond acceptors (Lipinski definition) is 6. The molecule has 0 fully saturated rings. The number of aromatic nitrogens is 2. The van der Waals surface area contributed by atoms with Gasteiger partial charge < -0.3 is 9.15 Å². The molecule has 1 heterocycles. The van der Waals surface area contributed by atoms with Crippen molar-refractivity contribution in [1.82, 2.24) is 10.2 Å². The molecule has 21 heavy (non-hydrogen) atoms. The number of rotatable bonds is 8. The Morgan fingerprint density at radius 2 is 2.05 bits per heavy atom. The average molecular weight is 306 g/mol. The fourth-order valence-electron chi connectivity index (χ4n) is 1.67. The number of hydrogen-bond donors (Lipinski definition) is 0. The van der Waals surface area contributed by atoms with E-state index in [0.717, 1.165) is 24.8 Å². The van der Waals surface area contributed by atoms with Gasteiger partial charge in [-0.2, -0.15) is 0 Å². The Morgan fingerprint density at radius 1 is 1.24 bits per heavy atom. The zero-order valence-corrected chi connectivity index (χ0v) is 12.8. The minimum absolute atomic E-state index is 0.183. The molecule has 0 aliphatic heterocycles. The quantitative estimate of drug-likeness (QED) is 0.422. The van der Waals surface area contributed by atoms with Gasteiger partial charge >= 0.3 is 5.97 Å². The first-order valence-electron chi connectivity index (χ1n) is 6.97. The molecule has 5 nitrogen and oxygen atoms in total. The van der Waals surface area contributed by atoms with Crippen molar-refractivity contribution in [2.24, 2.45) is 0 Å². The van der Waals surface area contributed by atoms with Crippen LogP contribution in [0.4, 0.5) is 0 Å². The normalized spacial score (nSPS) is 10.5. The van der Waals surface area contributed by atoms with Crippen molar-refractivity contribution in [3.05, 3.63) is 30.3 Å². The minimum atomic E-state index is -0.254. The lowest BCUT2D eigenvalue weighted by Gasteiger charge is -2.02. The third-order valence-electron chi connectivity index (χ3n) is 2.75. The third kappa shape index (κ3) is 5.23. The SMILES string of the molecule is CCCCCOC(=O)CSc1nnc(-c2ccccc2)o1. The first-order chi connectivity index (χ1) is 10.3. The van der Waals surface area contributed by atoms with Gasteiger partial charge in [-0.05, 0) is 18.6 Å². The summed E-state index contributed by atoms with van der Waals surface area (Å²) in [5.74, 6) is 0.382. The number of carbonyl (C=O) groups excluding carboxylic acids is 1. The van der Waals surface area contributed by atoms with E-state index >= 15 is 0 Å². The van der Waals surface area contributed by atoms with Crippen LogP contribution in [0.5, 0.6) is 0 Å². The van der Waals surface area contributed by atoms with E-state index in [1.807, 2.05) is 30.3 Å². The summed E-state index contributed by atoms with van der Waals surface area (Å²) >= 11 is 1.19. The summed E-state index contributed by atoms with van der Waals surface area (Å²) in [6, 6.07) is 9.51. The molecule has 0 saturated carbocycles. The van der Waals surface area contributed by atoms with Gasteiger partial charge in [-0.1, -0.05) is 49.7 Å². The molecule has 0 radical (unpaired) electrons. The fraction of sp³-hybridized carbons (Fsp3) is 0.400. The summed E-state index contributed by atoms with van der Waals surface area (Å²) < 4.78 is 10.6. The summed E-state index contributed by atoms with van der Waals surface area (Å²) in [4.78, 5) is 11.5. The molecular weight excluding hydrogens is 288 g/mol. The molecule has 2 aromatic rings. The molecule has 0 spiro atoms. The van der Waals surface area contributed by atoms with Crippen LogP contribution in [-0.4, -0.2) is 28.5 Å². The highest BCUT2D eigenvalue weighted by Gasteiger charge is 2.11. The molecule has 0 aliphatic carbocycles. The third-order valence-corrected chi connectivity index (χ3v) is 3.54. The van der Waals surface area contributed by atoms with E-state index in [4.69, 9.17) is 9.15 Å². The van der Waals surface area contributed by atoms with Gasteiger partial charge in [0.05, 0.1) is 6.61 Å². The van der Waals surface area contributed by atoms with Crippen LogP contribution < -0.4 is 0 Å². The van der Waals surface area contributed by atoms with E-state index in [1.54, 1.807) is 0 Å². The van der Waals surface area contributed by atoms with Crippen molar-refractivity contribution in [2.75, 3.05) is 12.4 Å². The van der Waals surface area contributed by atoms with E-state index in [-0.39, 0.29) is 11.7 Å². The van der Waals surface area contributed by atoms with Crippen LogP contribution in [0.1, 0.15) is 26.2 Å². The minimum Gasteiger partial charge on any atom is -0.465 e. The number of esters is 1. The van der Waals surface area contributed by atoms with Gasteiger partial charge in [0.2, 0.25) is 5.89 Å². The molecule has 1 aromatic heterocycles. The van der Waals surface area contributed by atoms with Crippen LogP contribution in [0.25, 0.3) is 11.5 Å². The monoisotopic (exact) mass is 306 g/mol. The van der Waals surface area contributed by atoms with E-state index in [1.165, 1.54) is 11.8 Å². The standard InChI is InChI=1S/C15H18N2O3S/c1-2-3-7-10-19-13(18)11-21-15-17-16-14(20-15)12-8-5-4-6-9-12/h4-6,8-9H,2-3,7,10-11H2,1H3. The molecule has 0 atom stereocenters. The summed E-state index contributed by atoms with van der Waals surface area (Å²) in [6.07, 6.45) is 3.09. The van der Waals surface area contributed by atoms with Gasteiger partial charge in [0.25, 0.3) is 5.22 Å². The Bertz CT molecular complexity index is 557. The molecule has 112 valence electrons. The Hall–Kier alpha value is -1.82. The zero-order valence-electron chi connectivity index (χ0n) is 11.9. The molecular formula is C15H18N2O3S. The largest absolute Gasteiger partial charge is 0.465 e. The topological polar surface area (TPSA) is 65.2 Å². The van der Waals surface area contributed by atoms with Gasteiger partial charge in [-0.25, -0.2) is 0 Å². The van der Waals surface area contributed by atoms with Crippen LogP contribution in [0.2, 0.25) is 0 Å². The smallest absolute Gasteiger partial charge is 0.316 e. The maximum atomic E-state index is 11.5. The Labute approximate surface area is 128 Å². The summed E-state index contributed by atoms with van der Waals surface area (Å²) in [7, 11) is 0. The summed E-state index contributed by atoms with van der Waals surface area (Å²) in [5, 5.41) is 8.25. The van der Waals surface area contributed by atoms with Crippen molar-refractivity contribution in [3.8, 4) is 11.5 Å². The molecule has 0 N–H and O–H groups in total. The predicted octanol–water partition coefficient (Wildman–Crippen LogP) is 3.56. The van der Waals surface area contributed by atoms with E-state index in [0.29, 0.717) is 17.7 Å². The molecule has 2 rings (SSSR count). The average Bonchev–Trinajstić information content (AvgIpc) is 2.99. The first-order valence-corrected chi connectivity index (χ1v) is 7.95. The van der Waals surface area contributed by atoms with Crippen molar-refractivity contribution in [2.45, 2.75) is 31.4 Å². The van der Waals surface area contributed by atoms with Gasteiger partial charge in [-0.3, -0.25) is 4.79 Å². The lowest BCUT2D eigenvalue weighted by Crippen LogP contribution is -2.08. The highest BCUT2D eigenvalue weighted by molar-refractivity contribution is 7.99. The van der Waals surface area contributed by atoms with Crippen LogP contribution in [0.15, 0.2) is 40.0 Å². The van der Waals surface area contributed by atoms with Gasteiger partial charge in [-0.15, -0.1) is 10.2 Å². The lowest BCUT2D eigenvalue weighted by molar-refractivity contribution is -0.140. The van der Waals surface area contributed by atoms with Crippen LogP contribution in [0, 0.1) is 0 Å². The first kappa shape index (κ1) is 15.6. The molecule has 0 saturated heterocycles. The van der Waals surface area contributed by atoms with E-state index in [2.05, 4.69) is 17.1 Å². The molecule has 0 unspecified atom stereocenters. The van der Waals surface area contributed by atoms with Gasteiger partial charge in [0.15, 0.2) is 0 Å². The molecule has 6 heteroatoms. The van der Waals surface area contributed by atoms with Crippen molar-refractivity contribution >= 4 is 17.7 Å². The summed E-state index contributed by atoms with van der Waals surface area (Å²) in [6.45, 7) is 2.59. The van der Waals surface area contributed by atoms with E-state index in [9.17, 15) is 4.79 Å². The second kappa shape index (κ2) is 8.46. The number of ether oxygens (including phenoxy) is 1. The fourth-order valence-corrected chi connectivity index (χ4v) is 2.23. The van der Waals surface area contributed by atoms with Gasteiger partial charge in [0.1, 0.15) is 5.75 Å². The maximum Gasteiger partial charge on any atom is 0.316 e. The number of thioether (sulfide) groups is 1. The molecule has 0 aliphatic rings. The molecule has 0 bridgehead atoms. The predicted molar refractivity (Wildman–Crippen MR) is 80.9 cm³/mol. The van der Waals surface area contributed by atoms with Crippen molar-refractivity contribution < 1.29 is 13.9 Å². The number of benzene rings is 1. The highest BCUT2D eigenvalue weighted by Crippen LogP contribution is 2.22. The Kier molecular flexibility index (Phi) is 6.27. The molecule has 0 amide bonds. The van der Waals surface area contributed by atoms with Crippen LogP contribution in [0.3, 0.4) is 0 Å². The van der Waals surface area contributed by atoms with Crippen LogP contribution in [-0.2, 0) is 9.53 Å². The number of carbonyl (C=O) groups is 1. The molecule has 1 aromatic carbocycles. The van der Waals surface area contributed by atoms with Crippen molar-refractivity contribution in [1.29, 1.82) is 0 Å².